The van der Waals surface area contributed by atoms with E-state index in [1.54, 1.807) is 4.90 Å². The van der Waals surface area contributed by atoms with Gasteiger partial charge >= 0.3 is 6.18 Å². The molecule has 8 nitrogen and oxygen atoms in total. The molecule has 28 heavy (non-hydrogen) atoms. The summed E-state index contributed by atoms with van der Waals surface area (Å²) in [6.45, 7) is 0.651. The molecular weight excluding hydrogens is 417 g/mol. The fourth-order valence-electron chi connectivity index (χ4n) is 2.64. The summed E-state index contributed by atoms with van der Waals surface area (Å²) in [5.74, 6) is 1.17. The Balaban J connectivity index is 1.51. The molecule has 150 valence electrons. The summed E-state index contributed by atoms with van der Waals surface area (Å²) in [6.07, 6.45) is -4.39. The van der Waals surface area contributed by atoms with Crippen LogP contribution in [-0.4, -0.2) is 57.4 Å². The summed E-state index contributed by atoms with van der Waals surface area (Å²) in [7, 11) is 0. The van der Waals surface area contributed by atoms with Crippen LogP contribution in [0.3, 0.4) is 0 Å². The van der Waals surface area contributed by atoms with Gasteiger partial charge in [-0.2, -0.15) is 18.2 Å². The van der Waals surface area contributed by atoms with E-state index in [4.69, 9.17) is 9.26 Å². The van der Waals surface area contributed by atoms with Gasteiger partial charge in [-0.05, 0) is 11.4 Å². The summed E-state index contributed by atoms with van der Waals surface area (Å²) in [5, 5.41) is 13.9. The summed E-state index contributed by atoms with van der Waals surface area (Å²) in [4.78, 5) is 6.85. The van der Waals surface area contributed by atoms with Crippen molar-refractivity contribution in [2.24, 2.45) is 0 Å². The third-order valence-electron chi connectivity index (χ3n) is 3.86. The summed E-state index contributed by atoms with van der Waals surface area (Å²) >= 11 is 2.55. The van der Waals surface area contributed by atoms with E-state index < -0.39 is 12.7 Å². The van der Waals surface area contributed by atoms with E-state index in [2.05, 4.69) is 20.3 Å². The molecule has 1 aliphatic rings. The predicted octanol–water partition coefficient (Wildman–Crippen LogP) is 3.08. The van der Waals surface area contributed by atoms with Crippen LogP contribution >= 0.6 is 23.1 Å². The first-order valence-corrected chi connectivity index (χ1v) is 10.2. The van der Waals surface area contributed by atoms with Crippen LogP contribution in [0.15, 0.2) is 27.2 Å². The molecule has 0 saturated carbocycles. The fourth-order valence-corrected chi connectivity index (χ4v) is 4.07. The second-order valence-corrected chi connectivity index (χ2v) is 7.76. The van der Waals surface area contributed by atoms with Gasteiger partial charge in [0, 0.05) is 13.1 Å². The quantitative estimate of drug-likeness (QED) is 0.550. The second-order valence-electron chi connectivity index (χ2n) is 5.87. The van der Waals surface area contributed by atoms with Gasteiger partial charge in [0.25, 0.3) is 5.89 Å². The zero-order valence-electron chi connectivity index (χ0n) is 14.4. The highest BCUT2D eigenvalue weighted by Crippen LogP contribution is 2.30. The normalized spacial score (nSPS) is 15.3. The number of anilines is 1. The number of thioether (sulfide) groups is 1. The van der Waals surface area contributed by atoms with Crippen molar-refractivity contribution in [2.45, 2.75) is 23.6 Å². The summed E-state index contributed by atoms with van der Waals surface area (Å²) < 4.78 is 50.8. The van der Waals surface area contributed by atoms with Crippen molar-refractivity contribution in [2.75, 3.05) is 31.2 Å². The van der Waals surface area contributed by atoms with Gasteiger partial charge in [0.2, 0.25) is 5.95 Å². The fraction of sp³-hybridized carbons (Fsp3) is 0.467. The Morgan fingerprint density at radius 2 is 2.04 bits per heavy atom. The Labute approximate surface area is 165 Å². The van der Waals surface area contributed by atoms with Gasteiger partial charge in [0.05, 0.1) is 23.8 Å². The standard InChI is InChI=1S/C15H15F3N6O2S2/c16-15(17,18)9-24-13(23-3-5-25-6-4-23)20-21-14(24)28-8-11-19-12(26-22-11)10-2-1-7-27-10/h1-2,7H,3-6,8-9H2. The second kappa shape index (κ2) is 8.09. The Morgan fingerprint density at radius 3 is 2.75 bits per heavy atom. The average Bonchev–Trinajstić information content (AvgIpc) is 3.40. The highest BCUT2D eigenvalue weighted by molar-refractivity contribution is 7.98. The van der Waals surface area contributed by atoms with Crippen molar-refractivity contribution in [3.05, 3.63) is 23.3 Å². The lowest BCUT2D eigenvalue weighted by molar-refractivity contribution is -0.141. The number of rotatable bonds is 6. The lowest BCUT2D eigenvalue weighted by Crippen LogP contribution is -2.38. The number of hydrogen-bond donors (Lipinski definition) is 0. The molecule has 0 aliphatic carbocycles. The summed E-state index contributed by atoms with van der Waals surface area (Å²) in [6, 6.07) is 3.72. The van der Waals surface area contributed by atoms with E-state index in [0.29, 0.717) is 38.0 Å². The number of alkyl halides is 3. The van der Waals surface area contributed by atoms with Gasteiger partial charge < -0.3 is 14.2 Å². The van der Waals surface area contributed by atoms with E-state index in [9.17, 15) is 13.2 Å². The van der Waals surface area contributed by atoms with Crippen LogP contribution in [0.2, 0.25) is 0 Å². The first-order valence-electron chi connectivity index (χ1n) is 8.31. The van der Waals surface area contributed by atoms with Gasteiger partial charge in [0.1, 0.15) is 6.54 Å². The first-order chi connectivity index (χ1) is 13.5. The molecule has 4 heterocycles. The molecule has 0 bridgehead atoms. The number of aromatic nitrogens is 5. The van der Waals surface area contributed by atoms with Gasteiger partial charge in [0.15, 0.2) is 11.0 Å². The number of halogens is 3. The van der Waals surface area contributed by atoms with Gasteiger partial charge in [-0.15, -0.1) is 21.5 Å². The van der Waals surface area contributed by atoms with Crippen molar-refractivity contribution in [3.8, 4) is 10.8 Å². The third-order valence-corrected chi connectivity index (χ3v) is 5.68. The Kier molecular flexibility index (Phi) is 5.55. The van der Waals surface area contributed by atoms with Crippen LogP contribution in [0.25, 0.3) is 10.8 Å². The van der Waals surface area contributed by atoms with Gasteiger partial charge in [-0.1, -0.05) is 23.0 Å². The number of ether oxygens (including phenoxy) is 1. The van der Waals surface area contributed by atoms with Crippen LogP contribution in [0.1, 0.15) is 5.82 Å². The average molecular weight is 432 g/mol. The Morgan fingerprint density at radius 1 is 1.21 bits per heavy atom. The summed E-state index contributed by atoms with van der Waals surface area (Å²) in [5.41, 5.74) is 0. The van der Waals surface area contributed by atoms with E-state index in [0.717, 1.165) is 21.2 Å². The van der Waals surface area contributed by atoms with Gasteiger partial charge in [-0.3, -0.25) is 4.57 Å². The van der Waals surface area contributed by atoms with Crippen molar-refractivity contribution in [1.82, 2.24) is 24.9 Å². The predicted molar refractivity (Wildman–Crippen MR) is 96.3 cm³/mol. The Hall–Kier alpha value is -2.12. The van der Waals surface area contributed by atoms with E-state index in [1.165, 1.54) is 11.3 Å². The van der Waals surface area contributed by atoms with Crippen LogP contribution in [-0.2, 0) is 17.0 Å². The topological polar surface area (TPSA) is 82.1 Å². The monoisotopic (exact) mass is 432 g/mol. The lowest BCUT2D eigenvalue weighted by atomic mass is 10.4. The zero-order valence-corrected chi connectivity index (χ0v) is 16.1. The molecule has 1 fully saturated rings. The SMILES string of the molecule is FC(F)(F)Cn1c(SCc2noc(-c3cccs3)n2)nnc1N1CCOCC1. The molecular formula is C15H15F3N6O2S2. The molecule has 0 unspecified atom stereocenters. The first kappa shape index (κ1) is 19.2. The number of thiophene rings is 1. The number of morpholine rings is 1. The van der Waals surface area contributed by atoms with Crippen molar-refractivity contribution in [1.29, 1.82) is 0 Å². The number of hydrogen-bond acceptors (Lipinski definition) is 9. The molecule has 4 rings (SSSR count). The van der Waals surface area contributed by atoms with Crippen molar-refractivity contribution in [3.63, 3.8) is 0 Å². The largest absolute Gasteiger partial charge is 0.406 e. The molecule has 3 aromatic heterocycles. The maximum Gasteiger partial charge on any atom is 0.406 e. The van der Waals surface area contributed by atoms with Crippen LogP contribution in [0.4, 0.5) is 19.1 Å². The smallest absolute Gasteiger partial charge is 0.378 e. The molecule has 1 saturated heterocycles. The molecule has 0 N–H and O–H groups in total. The molecule has 0 aromatic carbocycles. The molecule has 0 radical (unpaired) electrons. The molecule has 0 spiro atoms. The Bertz CT molecular complexity index is 905. The zero-order chi connectivity index (χ0) is 19.6. The minimum atomic E-state index is -4.39. The molecule has 13 heteroatoms. The van der Waals surface area contributed by atoms with Crippen molar-refractivity contribution >= 4 is 29.0 Å². The minimum absolute atomic E-state index is 0.154. The third kappa shape index (κ3) is 4.47. The molecule has 1 aliphatic heterocycles. The maximum atomic E-state index is 13.1. The van der Waals surface area contributed by atoms with Gasteiger partial charge in [-0.25, -0.2) is 0 Å². The van der Waals surface area contributed by atoms with E-state index in [1.807, 2.05) is 17.5 Å². The highest BCUT2D eigenvalue weighted by atomic mass is 32.2. The molecule has 0 atom stereocenters. The number of nitrogens with zero attached hydrogens (tertiary/aromatic N) is 6. The lowest BCUT2D eigenvalue weighted by Gasteiger charge is -2.28. The van der Waals surface area contributed by atoms with E-state index in [-0.39, 0.29) is 16.9 Å². The molecule has 0 amide bonds. The van der Waals surface area contributed by atoms with Crippen LogP contribution < -0.4 is 4.90 Å². The van der Waals surface area contributed by atoms with Crippen LogP contribution in [0.5, 0.6) is 0 Å². The minimum Gasteiger partial charge on any atom is -0.378 e. The van der Waals surface area contributed by atoms with Crippen molar-refractivity contribution < 1.29 is 22.4 Å². The highest BCUT2D eigenvalue weighted by Gasteiger charge is 2.33. The van der Waals surface area contributed by atoms with E-state index >= 15 is 0 Å². The molecule has 3 aromatic rings. The maximum absolute atomic E-state index is 13.1. The van der Waals surface area contributed by atoms with Crippen LogP contribution in [0, 0.1) is 0 Å².